The summed E-state index contributed by atoms with van der Waals surface area (Å²) in [5.74, 6) is 0.685. The van der Waals surface area contributed by atoms with Gasteiger partial charge in [-0.3, -0.25) is 19.9 Å². The van der Waals surface area contributed by atoms with Crippen LogP contribution in [0.4, 0.5) is 16.2 Å². The highest BCUT2D eigenvalue weighted by molar-refractivity contribution is 6.06. The maximum absolute atomic E-state index is 12.9. The first-order chi connectivity index (χ1) is 17.0. The second kappa shape index (κ2) is 10.6. The lowest BCUT2D eigenvalue weighted by atomic mass is 9.97. The van der Waals surface area contributed by atoms with Crippen molar-refractivity contribution in [1.29, 1.82) is 0 Å². The van der Waals surface area contributed by atoms with Crippen molar-refractivity contribution in [2.75, 3.05) is 36.8 Å². The summed E-state index contributed by atoms with van der Waals surface area (Å²) in [6, 6.07) is 14.9. The zero-order valence-corrected chi connectivity index (χ0v) is 22.3. The van der Waals surface area contributed by atoms with Crippen molar-refractivity contribution in [2.24, 2.45) is 5.92 Å². The van der Waals surface area contributed by atoms with Crippen LogP contribution in [-0.2, 0) is 11.3 Å². The van der Waals surface area contributed by atoms with E-state index in [2.05, 4.69) is 34.3 Å². The lowest BCUT2D eigenvalue weighted by molar-refractivity contribution is 0.0131. The summed E-state index contributed by atoms with van der Waals surface area (Å²) in [6.07, 6.45) is 2.22. The average Bonchev–Trinajstić information content (AvgIpc) is 3.60. The van der Waals surface area contributed by atoms with Crippen LogP contribution >= 0.6 is 0 Å². The van der Waals surface area contributed by atoms with Gasteiger partial charge in [0.15, 0.2) is 0 Å². The van der Waals surface area contributed by atoms with Crippen LogP contribution in [0.15, 0.2) is 48.5 Å². The first kappa shape index (κ1) is 26.2. The number of amides is 2. The SMILES string of the molecule is CC(C)(C)OC(=O)Nc1ccccc1NC(=O)c1ccc(CN2CCN(CC3CC3)C(C)(C)C2)cc1. The minimum atomic E-state index is -0.607. The maximum atomic E-state index is 12.9. The summed E-state index contributed by atoms with van der Waals surface area (Å²) in [5.41, 5.74) is 2.35. The van der Waals surface area contributed by atoms with Gasteiger partial charge in [0, 0.05) is 43.8 Å². The summed E-state index contributed by atoms with van der Waals surface area (Å²) >= 11 is 0. The zero-order chi connectivity index (χ0) is 25.9. The number of para-hydroxylation sites is 2. The minimum Gasteiger partial charge on any atom is -0.444 e. The van der Waals surface area contributed by atoms with Gasteiger partial charge in [0.25, 0.3) is 5.91 Å². The summed E-state index contributed by atoms with van der Waals surface area (Å²) in [7, 11) is 0. The van der Waals surface area contributed by atoms with E-state index in [0.717, 1.165) is 32.1 Å². The summed E-state index contributed by atoms with van der Waals surface area (Å²) in [6.45, 7) is 15.5. The number of ether oxygens (including phenoxy) is 1. The van der Waals surface area contributed by atoms with E-state index < -0.39 is 11.7 Å². The molecule has 0 bridgehead atoms. The molecule has 36 heavy (non-hydrogen) atoms. The monoisotopic (exact) mass is 492 g/mol. The normalized spacial score (nSPS) is 18.5. The Balaban J connectivity index is 1.33. The van der Waals surface area contributed by atoms with Crippen molar-refractivity contribution in [3.8, 4) is 0 Å². The van der Waals surface area contributed by atoms with E-state index >= 15 is 0 Å². The van der Waals surface area contributed by atoms with Gasteiger partial charge in [-0.1, -0.05) is 24.3 Å². The second-order valence-electron chi connectivity index (χ2n) is 11.7. The number of anilines is 2. The molecule has 2 aromatic rings. The summed E-state index contributed by atoms with van der Waals surface area (Å²) < 4.78 is 5.33. The predicted octanol–water partition coefficient (Wildman–Crippen LogP) is 5.59. The van der Waals surface area contributed by atoms with Crippen molar-refractivity contribution in [1.82, 2.24) is 9.80 Å². The molecule has 0 spiro atoms. The highest BCUT2D eigenvalue weighted by atomic mass is 16.6. The predicted molar refractivity (Wildman–Crippen MR) is 144 cm³/mol. The molecule has 0 aromatic heterocycles. The van der Waals surface area contributed by atoms with Crippen molar-refractivity contribution < 1.29 is 14.3 Å². The van der Waals surface area contributed by atoms with Crippen molar-refractivity contribution >= 4 is 23.4 Å². The molecular formula is C29H40N4O3. The molecule has 2 fully saturated rings. The number of hydrogen-bond acceptors (Lipinski definition) is 5. The molecule has 1 aliphatic carbocycles. The molecule has 2 aromatic carbocycles. The first-order valence-electron chi connectivity index (χ1n) is 13.0. The van der Waals surface area contributed by atoms with Gasteiger partial charge in [0.1, 0.15) is 5.60 Å². The van der Waals surface area contributed by atoms with Gasteiger partial charge in [-0.15, -0.1) is 0 Å². The molecule has 2 N–H and O–H groups in total. The molecule has 7 nitrogen and oxygen atoms in total. The molecule has 1 heterocycles. The van der Waals surface area contributed by atoms with Crippen LogP contribution < -0.4 is 10.6 Å². The van der Waals surface area contributed by atoms with Gasteiger partial charge in [-0.05, 0) is 83.2 Å². The summed E-state index contributed by atoms with van der Waals surface area (Å²) in [5, 5.41) is 5.62. The molecular weight excluding hydrogens is 452 g/mol. The van der Waals surface area contributed by atoms with E-state index in [4.69, 9.17) is 4.74 Å². The van der Waals surface area contributed by atoms with E-state index in [1.54, 1.807) is 39.0 Å². The fourth-order valence-corrected chi connectivity index (χ4v) is 4.71. The van der Waals surface area contributed by atoms with Gasteiger partial charge >= 0.3 is 6.09 Å². The Labute approximate surface area is 215 Å². The number of benzene rings is 2. The third kappa shape index (κ3) is 7.31. The topological polar surface area (TPSA) is 73.9 Å². The van der Waals surface area contributed by atoms with Crippen LogP contribution in [0.25, 0.3) is 0 Å². The quantitative estimate of drug-likeness (QED) is 0.527. The molecule has 0 unspecified atom stereocenters. The standard InChI is InChI=1S/C29H40N4O3/c1-28(2,3)36-27(35)31-25-9-7-6-8-24(25)30-26(34)23-14-12-21(13-15-23)18-32-16-17-33(19-22-10-11-22)29(4,5)20-32/h6-9,12-15,22H,10-11,16-20H2,1-5H3,(H,30,34)(H,31,35). The van der Waals surface area contributed by atoms with E-state index in [9.17, 15) is 9.59 Å². The third-order valence-electron chi connectivity index (χ3n) is 6.76. The van der Waals surface area contributed by atoms with Crippen molar-refractivity contribution in [2.45, 2.75) is 65.1 Å². The Morgan fingerprint density at radius 3 is 2.19 bits per heavy atom. The highest BCUT2D eigenvalue weighted by Gasteiger charge is 2.36. The zero-order valence-electron chi connectivity index (χ0n) is 22.3. The lowest BCUT2D eigenvalue weighted by Gasteiger charge is -2.47. The largest absolute Gasteiger partial charge is 0.444 e. The lowest BCUT2D eigenvalue weighted by Crippen LogP contribution is -2.59. The molecule has 4 rings (SSSR count). The summed E-state index contributed by atoms with van der Waals surface area (Å²) in [4.78, 5) is 30.3. The number of hydrogen-bond donors (Lipinski definition) is 2. The number of rotatable bonds is 7. The van der Waals surface area contributed by atoms with Gasteiger partial charge in [0.05, 0.1) is 11.4 Å². The average molecular weight is 493 g/mol. The minimum absolute atomic E-state index is 0.182. The molecule has 7 heteroatoms. The Morgan fingerprint density at radius 2 is 1.61 bits per heavy atom. The Morgan fingerprint density at radius 1 is 0.972 bits per heavy atom. The highest BCUT2D eigenvalue weighted by Crippen LogP contribution is 2.33. The van der Waals surface area contributed by atoms with Crippen LogP contribution in [-0.4, -0.2) is 59.1 Å². The maximum Gasteiger partial charge on any atom is 0.412 e. The number of piperazine rings is 1. The van der Waals surface area contributed by atoms with Gasteiger partial charge in [0.2, 0.25) is 0 Å². The van der Waals surface area contributed by atoms with Gasteiger partial charge < -0.3 is 10.1 Å². The molecule has 0 radical (unpaired) electrons. The Hall–Kier alpha value is -2.90. The molecule has 0 atom stereocenters. The molecule has 2 amide bonds. The fourth-order valence-electron chi connectivity index (χ4n) is 4.71. The number of carbonyl (C=O) groups is 2. The molecule has 2 aliphatic rings. The first-order valence-corrected chi connectivity index (χ1v) is 13.0. The second-order valence-corrected chi connectivity index (χ2v) is 11.7. The van der Waals surface area contributed by atoms with Gasteiger partial charge in [-0.2, -0.15) is 0 Å². The van der Waals surface area contributed by atoms with E-state index in [0.29, 0.717) is 16.9 Å². The Bertz CT molecular complexity index is 1070. The van der Waals surface area contributed by atoms with E-state index in [1.807, 2.05) is 30.3 Å². The van der Waals surface area contributed by atoms with Crippen LogP contribution in [0, 0.1) is 5.92 Å². The third-order valence-corrected chi connectivity index (χ3v) is 6.76. The number of nitrogens with one attached hydrogen (secondary N) is 2. The fraction of sp³-hybridized carbons (Fsp3) is 0.517. The number of nitrogens with zero attached hydrogens (tertiary/aromatic N) is 2. The molecule has 1 aliphatic heterocycles. The smallest absolute Gasteiger partial charge is 0.412 e. The van der Waals surface area contributed by atoms with Crippen LogP contribution in [0.5, 0.6) is 0 Å². The van der Waals surface area contributed by atoms with Crippen LogP contribution in [0.1, 0.15) is 63.4 Å². The molecule has 194 valence electrons. The molecule has 1 saturated carbocycles. The van der Waals surface area contributed by atoms with E-state index in [-0.39, 0.29) is 11.4 Å². The van der Waals surface area contributed by atoms with Crippen LogP contribution in [0.2, 0.25) is 0 Å². The van der Waals surface area contributed by atoms with Crippen molar-refractivity contribution in [3.05, 3.63) is 59.7 Å². The Kier molecular flexibility index (Phi) is 7.71. The van der Waals surface area contributed by atoms with E-state index in [1.165, 1.54) is 24.9 Å². The van der Waals surface area contributed by atoms with Gasteiger partial charge in [-0.25, -0.2) is 4.79 Å². The number of carbonyl (C=O) groups excluding carboxylic acids is 2. The molecule has 1 saturated heterocycles. The van der Waals surface area contributed by atoms with Crippen molar-refractivity contribution in [3.63, 3.8) is 0 Å². The van der Waals surface area contributed by atoms with Crippen LogP contribution in [0.3, 0.4) is 0 Å².